The van der Waals surface area contributed by atoms with Crippen molar-refractivity contribution in [3.05, 3.63) is 65.7 Å². The maximum atomic E-state index is 13.4. The van der Waals surface area contributed by atoms with Crippen LogP contribution in [0, 0.1) is 5.82 Å². The summed E-state index contributed by atoms with van der Waals surface area (Å²) in [6, 6.07) is 12.2. The van der Waals surface area contributed by atoms with E-state index < -0.39 is 0 Å². The average Bonchev–Trinajstić information content (AvgIpc) is 2.47. The van der Waals surface area contributed by atoms with Gasteiger partial charge in [0.25, 0.3) is 0 Å². The fourth-order valence-electron chi connectivity index (χ4n) is 1.91. The second-order valence-electron chi connectivity index (χ2n) is 4.51. The lowest BCUT2D eigenvalue weighted by molar-refractivity contribution is -0.121. The van der Waals surface area contributed by atoms with Gasteiger partial charge in [0.1, 0.15) is 5.82 Å². The molecule has 0 atom stereocenters. The molecule has 0 saturated heterocycles. The highest BCUT2D eigenvalue weighted by Crippen LogP contribution is 2.08. The largest absolute Gasteiger partial charge is 0.356 e. The number of carbonyl (C=O) groups is 1. The van der Waals surface area contributed by atoms with Crippen LogP contribution in [0.5, 0.6) is 0 Å². The van der Waals surface area contributed by atoms with E-state index in [-0.39, 0.29) is 11.7 Å². The second kappa shape index (κ2) is 7.38. The molecular weight excluding hydrogens is 255 g/mol. The number of pyridine rings is 1. The molecule has 0 aliphatic carbocycles. The Morgan fingerprint density at radius 2 is 1.90 bits per heavy atom. The first-order valence-corrected chi connectivity index (χ1v) is 6.66. The standard InChI is InChI=1S/C16H17FN2O/c17-15-7-2-1-5-13(15)8-9-16(20)19-12-10-14-6-3-4-11-18-14/h1-7,11H,8-10,12H2,(H,19,20). The molecule has 0 saturated carbocycles. The molecule has 3 nitrogen and oxygen atoms in total. The van der Waals surface area contributed by atoms with E-state index in [0.717, 1.165) is 5.69 Å². The lowest BCUT2D eigenvalue weighted by Crippen LogP contribution is -2.26. The van der Waals surface area contributed by atoms with Crippen molar-refractivity contribution in [2.75, 3.05) is 6.54 Å². The number of amides is 1. The van der Waals surface area contributed by atoms with Gasteiger partial charge >= 0.3 is 0 Å². The first-order valence-electron chi connectivity index (χ1n) is 6.66. The van der Waals surface area contributed by atoms with Gasteiger partial charge in [0, 0.05) is 31.3 Å². The number of nitrogens with one attached hydrogen (secondary N) is 1. The summed E-state index contributed by atoms with van der Waals surface area (Å²) >= 11 is 0. The van der Waals surface area contributed by atoms with Crippen molar-refractivity contribution in [3.8, 4) is 0 Å². The van der Waals surface area contributed by atoms with Crippen LogP contribution in [0.3, 0.4) is 0 Å². The minimum Gasteiger partial charge on any atom is -0.356 e. The molecule has 1 heterocycles. The van der Waals surface area contributed by atoms with E-state index in [0.29, 0.717) is 31.4 Å². The first-order chi connectivity index (χ1) is 9.75. The Labute approximate surface area is 117 Å². The summed E-state index contributed by atoms with van der Waals surface area (Å²) < 4.78 is 13.4. The van der Waals surface area contributed by atoms with Crippen LogP contribution in [0.1, 0.15) is 17.7 Å². The van der Waals surface area contributed by atoms with Crippen LogP contribution in [0.4, 0.5) is 4.39 Å². The Hall–Kier alpha value is -2.23. The van der Waals surface area contributed by atoms with Crippen LogP contribution >= 0.6 is 0 Å². The van der Waals surface area contributed by atoms with E-state index in [9.17, 15) is 9.18 Å². The Bertz CT molecular complexity index is 557. The molecule has 104 valence electrons. The second-order valence-corrected chi connectivity index (χ2v) is 4.51. The van der Waals surface area contributed by atoms with Gasteiger partial charge in [-0.1, -0.05) is 24.3 Å². The van der Waals surface area contributed by atoms with Gasteiger partial charge in [-0.15, -0.1) is 0 Å². The molecule has 1 amide bonds. The molecule has 4 heteroatoms. The molecule has 1 N–H and O–H groups in total. The number of rotatable bonds is 6. The topological polar surface area (TPSA) is 42.0 Å². The van der Waals surface area contributed by atoms with Gasteiger partial charge in [0.2, 0.25) is 5.91 Å². The van der Waals surface area contributed by atoms with Crippen LogP contribution < -0.4 is 5.32 Å². The summed E-state index contributed by atoms with van der Waals surface area (Å²) in [7, 11) is 0. The Morgan fingerprint density at radius 3 is 2.65 bits per heavy atom. The SMILES string of the molecule is O=C(CCc1ccccc1F)NCCc1ccccn1. The summed E-state index contributed by atoms with van der Waals surface area (Å²) in [4.78, 5) is 15.8. The third-order valence-electron chi connectivity index (χ3n) is 3.01. The highest BCUT2D eigenvalue weighted by Gasteiger charge is 2.05. The lowest BCUT2D eigenvalue weighted by atomic mass is 10.1. The van der Waals surface area contributed by atoms with Crippen LogP contribution in [-0.4, -0.2) is 17.4 Å². The molecule has 2 rings (SSSR count). The number of hydrogen-bond acceptors (Lipinski definition) is 2. The van der Waals surface area contributed by atoms with Gasteiger partial charge in [-0.25, -0.2) is 4.39 Å². The number of hydrogen-bond donors (Lipinski definition) is 1. The average molecular weight is 272 g/mol. The van der Waals surface area contributed by atoms with E-state index in [4.69, 9.17) is 0 Å². The van der Waals surface area contributed by atoms with Crippen LogP contribution in [0.25, 0.3) is 0 Å². The predicted molar refractivity (Wildman–Crippen MR) is 75.7 cm³/mol. The van der Waals surface area contributed by atoms with Gasteiger partial charge in [-0.05, 0) is 30.2 Å². The van der Waals surface area contributed by atoms with Gasteiger partial charge in [0.05, 0.1) is 0 Å². The van der Waals surface area contributed by atoms with Crippen molar-refractivity contribution in [1.29, 1.82) is 0 Å². The van der Waals surface area contributed by atoms with E-state index in [2.05, 4.69) is 10.3 Å². The smallest absolute Gasteiger partial charge is 0.220 e. The highest BCUT2D eigenvalue weighted by atomic mass is 19.1. The van der Waals surface area contributed by atoms with E-state index >= 15 is 0 Å². The Morgan fingerprint density at radius 1 is 1.10 bits per heavy atom. The van der Waals surface area contributed by atoms with Crippen molar-refractivity contribution >= 4 is 5.91 Å². The van der Waals surface area contributed by atoms with Crippen LogP contribution in [-0.2, 0) is 17.6 Å². The van der Waals surface area contributed by atoms with E-state index in [1.54, 1.807) is 24.4 Å². The van der Waals surface area contributed by atoms with Crippen molar-refractivity contribution < 1.29 is 9.18 Å². The molecule has 0 unspecified atom stereocenters. The summed E-state index contributed by atoms with van der Waals surface area (Å²) in [6.07, 6.45) is 3.15. The minimum atomic E-state index is -0.256. The number of aromatic nitrogens is 1. The Balaban J connectivity index is 1.70. The molecule has 0 radical (unpaired) electrons. The molecule has 1 aromatic carbocycles. The maximum absolute atomic E-state index is 13.4. The van der Waals surface area contributed by atoms with Gasteiger partial charge < -0.3 is 5.32 Å². The number of nitrogens with zero attached hydrogens (tertiary/aromatic N) is 1. The summed E-state index contributed by atoms with van der Waals surface area (Å²) in [5.41, 5.74) is 1.52. The maximum Gasteiger partial charge on any atom is 0.220 e. The Kier molecular flexibility index (Phi) is 5.24. The molecule has 2 aromatic rings. The number of aryl methyl sites for hydroxylation is 1. The van der Waals surface area contributed by atoms with Crippen molar-refractivity contribution in [1.82, 2.24) is 10.3 Å². The van der Waals surface area contributed by atoms with Gasteiger partial charge in [-0.2, -0.15) is 0 Å². The highest BCUT2D eigenvalue weighted by molar-refractivity contribution is 5.76. The summed E-state index contributed by atoms with van der Waals surface area (Å²) in [5, 5.41) is 2.82. The number of carbonyl (C=O) groups excluding carboxylic acids is 1. The molecule has 0 aliphatic rings. The van der Waals surface area contributed by atoms with Crippen molar-refractivity contribution in [2.24, 2.45) is 0 Å². The first kappa shape index (κ1) is 14.2. The summed E-state index contributed by atoms with van der Waals surface area (Å²) in [6.45, 7) is 0.549. The van der Waals surface area contributed by atoms with E-state index in [1.165, 1.54) is 6.07 Å². The fourth-order valence-corrected chi connectivity index (χ4v) is 1.91. The van der Waals surface area contributed by atoms with Crippen molar-refractivity contribution in [2.45, 2.75) is 19.3 Å². The zero-order chi connectivity index (χ0) is 14.2. The number of benzene rings is 1. The van der Waals surface area contributed by atoms with Gasteiger partial charge in [0.15, 0.2) is 0 Å². The van der Waals surface area contributed by atoms with Crippen LogP contribution in [0.15, 0.2) is 48.7 Å². The minimum absolute atomic E-state index is 0.0656. The molecular formula is C16H17FN2O. The van der Waals surface area contributed by atoms with Crippen molar-refractivity contribution in [3.63, 3.8) is 0 Å². The molecule has 0 bridgehead atoms. The normalized spacial score (nSPS) is 10.2. The zero-order valence-electron chi connectivity index (χ0n) is 11.2. The van der Waals surface area contributed by atoms with E-state index in [1.807, 2.05) is 18.2 Å². The third-order valence-corrected chi connectivity index (χ3v) is 3.01. The molecule has 20 heavy (non-hydrogen) atoms. The van der Waals surface area contributed by atoms with Crippen LogP contribution in [0.2, 0.25) is 0 Å². The summed E-state index contributed by atoms with van der Waals surface area (Å²) in [5.74, 6) is -0.321. The zero-order valence-corrected chi connectivity index (χ0v) is 11.2. The third kappa shape index (κ3) is 4.46. The molecule has 0 aliphatic heterocycles. The monoisotopic (exact) mass is 272 g/mol. The predicted octanol–water partition coefficient (Wildman–Crippen LogP) is 2.51. The van der Waals surface area contributed by atoms with Gasteiger partial charge in [-0.3, -0.25) is 9.78 Å². The lowest BCUT2D eigenvalue weighted by Gasteiger charge is -2.05. The number of halogens is 1. The quantitative estimate of drug-likeness (QED) is 0.878. The molecule has 1 aromatic heterocycles. The molecule has 0 fully saturated rings. The fraction of sp³-hybridized carbons (Fsp3) is 0.250. The molecule has 0 spiro atoms.